The molecule has 0 atom stereocenters. The van der Waals surface area contributed by atoms with Crippen LogP contribution < -0.4 is 14.2 Å². The third-order valence-electron chi connectivity index (χ3n) is 3.60. The zero-order valence-electron chi connectivity index (χ0n) is 14.6. The Morgan fingerprint density at radius 1 is 0.964 bits per heavy atom. The summed E-state index contributed by atoms with van der Waals surface area (Å²) >= 11 is 1.32. The van der Waals surface area contributed by atoms with Crippen molar-refractivity contribution in [1.82, 2.24) is 0 Å². The van der Waals surface area contributed by atoms with Gasteiger partial charge in [0.2, 0.25) is 5.75 Å². The van der Waals surface area contributed by atoms with Crippen LogP contribution in [-0.4, -0.2) is 13.0 Å². The van der Waals surface area contributed by atoms with Gasteiger partial charge in [0.05, 0.1) is 6.61 Å². The molecule has 0 fully saturated rings. The van der Waals surface area contributed by atoms with Crippen molar-refractivity contribution < 1.29 is 36.2 Å². The Kier molecular flexibility index (Phi) is 5.93. The van der Waals surface area contributed by atoms with Crippen LogP contribution in [0.4, 0.5) is 22.0 Å². The summed E-state index contributed by atoms with van der Waals surface area (Å²) in [5.41, 5.74) is 0.0361. The van der Waals surface area contributed by atoms with Crippen LogP contribution in [-0.2, 0) is 6.61 Å². The molecule has 3 rings (SSSR count). The number of alkyl halides is 3. The number of rotatable bonds is 7. The van der Waals surface area contributed by atoms with Crippen LogP contribution in [0.15, 0.2) is 36.4 Å². The minimum Gasteiger partial charge on any atom is -0.494 e. The van der Waals surface area contributed by atoms with Gasteiger partial charge in [-0.15, -0.1) is 13.2 Å². The fraction of sp³-hybridized carbons (Fsp3) is 0.263. The Balaban J connectivity index is 1.71. The van der Waals surface area contributed by atoms with Crippen LogP contribution >= 0.6 is 11.3 Å². The predicted octanol–water partition coefficient (Wildman–Crippen LogP) is 6.45. The van der Waals surface area contributed by atoms with Gasteiger partial charge in [0.25, 0.3) is 0 Å². The molecule has 3 nitrogen and oxygen atoms in total. The molecule has 0 unspecified atom stereocenters. The zero-order chi connectivity index (χ0) is 20.3. The molecule has 0 bridgehead atoms. The number of hydrogen-bond donors (Lipinski definition) is 0. The van der Waals surface area contributed by atoms with Gasteiger partial charge in [0, 0.05) is 4.70 Å². The molecule has 9 heteroatoms. The molecule has 0 saturated heterocycles. The molecule has 0 saturated carbocycles. The first-order valence-electron chi connectivity index (χ1n) is 8.28. The fourth-order valence-corrected chi connectivity index (χ4v) is 3.37. The van der Waals surface area contributed by atoms with Gasteiger partial charge < -0.3 is 14.2 Å². The first kappa shape index (κ1) is 20.2. The van der Waals surface area contributed by atoms with Crippen LogP contribution in [0, 0.1) is 11.6 Å². The van der Waals surface area contributed by atoms with Crippen molar-refractivity contribution in [3.8, 4) is 16.6 Å². The minimum absolute atomic E-state index is 0.0361. The van der Waals surface area contributed by atoms with Crippen LogP contribution in [0.3, 0.4) is 0 Å². The maximum Gasteiger partial charge on any atom is 0.573 e. The molecule has 1 heterocycles. The number of fused-ring (bicyclic) bond motifs is 1. The van der Waals surface area contributed by atoms with E-state index in [9.17, 15) is 22.0 Å². The first-order chi connectivity index (χ1) is 13.2. The maximum atomic E-state index is 13.7. The highest BCUT2D eigenvalue weighted by Gasteiger charge is 2.34. The van der Waals surface area contributed by atoms with Gasteiger partial charge in [-0.1, -0.05) is 18.3 Å². The van der Waals surface area contributed by atoms with Gasteiger partial charge in [-0.05, 0) is 53.8 Å². The van der Waals surface area contributed by atoms with E-state index in [1.807, 2.05) is 25.1 Å². The molecule has 1 aromatic heterocycles. The number of benzene rings is 2. The van der Waals surface area contributed by atoms with E-state index in [2.05, 4.69) is 4.74 Å². The van der Waals surface area contributed by atoms with Crippen molar-refractivity contribution in [2.75, 3.05) is 6.61 Å². The molecule has 0 aliphatic heterocycles. The highest BCUT2D eigenvalue weighted by Crippen LogP contribution is 2.35. The van der Waals surface area contributed by atoms with Gasteiger partial charge in [-0.2, -0.15) is 0 Å². The number of ether oxygens (including phenoxy) is 3. The van der Waals surface area contributed by atoms with E-state index in [-0.39, 0.29) is 12.2 Å². The van der Waals surface area contributed by atoms with E-state index in [4.69, 9.17) is 9.47 Å². The highest BCUT2D eigenvalue weighted by atomic mass is 32.1. The van der Waals surface area contributed by atoms with Gasteiger partial charge in [-0.3, -0.25) is 0 Å². The smallest absolute Gasteiger partial charge is 0.494 e. The number of thiophene rings is 1. The van der Waals surface area contributed by atoms with E-state index in [0.29, 0.717) is 11.7 Å². The van der Waals surface area contributed by atoms with Crippen molar-refractivity contribution in [1.29, 1.82) is 0 Å². The third-order valence-corrected chi connectivity index (χ3v) is 4.61. The molecule has 0 amide bonds. The zero-order valence-corrected chi connectivity index (χ0v) is 15.4. The summed E-state index contributed by atoms with van der Waals surface area (Å²) in [6.07, 6.45) is -4.30. The van der Waals surface area contributed by atoms with E-state index in [0.717, 1.165) is 34.4 Å². The lowest BCUT2D eigenvalue weighted by atomic mass is 10.2. The molecule has 0 radical (unpaired) electrons. The van der Waals surface area contributed by atoms with Gasteiger partial charge >= 0.3 is 6.36 Å². The van der Waals surface area contributed by atoms with Crippen molar-refractivity contribution >= 4 is 21.4 Å². The van der Waals surface area contributed by atoms with Gasteiger partial charge in [0.1, 0.15) is 12.4 Å². The first-order valence-corrected chi connectivity index (χ1v) is 9.09. The van der Waals surface area contributed by atoms with Crippen molar-refractivity contribution in [2.24, 2.45) is 0 Å². The SMILES string of the molecule is CCCOc1ccc2cc(OCc3cc(F)c(OC(F)(F)F)c(F)c3)sc2c1. The Bertz CT molecular complexity index is 945. The lowest BCUT2D eigenvalue weighted by Gasteiger charge is -2.12. The van der Waals surface area contributed by atoms with E-state index < -0.39 is 23.7 Å². The van der Waals surface area contributed by atoms with E-state index >= 15 is 0 Å². The summed E-state index contributed by atoms with van der Waals surface area (Å²) in [5, 5.41) is 1.41. The van der Waals surface area contributed by atoms with E-state index in [1.165, 1.54) is 11.3 Å². The predicted molar refractivity (Wildman–Crippen MR) is 95.0 cm³/mol. The Morgan fingerprint density at radius 3 is 2.32 bits per heavy atom. The summed E-state index contributed by atoms with van der Waals surface area (Å²) in [6, 6.07) is 8.82. The Labute approximate surface area is 161 Å². The fourth-order valence-electron chi connectivity index (χ4n) is 2.43. The average molecular weight is 418 g/mol. The standard InChI is InChI=1S/C19H15F5O3S/c1-2-5-25-13-4-3-12-8-17(28-16(12)9-13)26-10-11-6-14(20)18(15(21)7-11)27-19(22,23)24/h3-4,6-9H,2,5,10H2,1H3. The van der Waals surface area contributed by atoms with Crippen LogP contribution in [0.25, 0.3) is 10.1 Å². The quantitative estimate of drug-likeness (QED) is 0.413. The van der Waals surface area contributed by atoms with Crippen molar-refractivity contribution in [3.05, 3.63) is 53.6 Å². The molecule has 0 aliphatic rings. The van der Waals surface area contributed by atoms with Gasteiger partial charge in [-0.25, -0.2) is 8.78 Å². The topological polar surface area (TPSA) is 27.7 Å². The summed E-state index contributed by atoms with van der Waals surface area (Å²) in [4.78, 5) is 0. The minimum atomic E-state index is -5.18. The number of hydrogen-bond acceptors (Lipinski definition) is 4. The number of halogens is 5. The van der Waals surface area contributed by atoms with Crippen LogP contribution in [0.5, 0.6) is 16.6 Å². The summed E-state index contributed by atoms with van der Waals surface area (Å²) in [5.74, 6) is -3.67. The normalized spacial score (nSPS) is 11.6. The second kappa shape index (κ2) is 8.22. The molecular formula is C19H15F5O3S. The molecule has 150 valence electrons. The lowest BCUT2D eigenvalue weighted by Crippen LogP contribution is -2.19. The maximum absolute atomic E-state index is 13.7. The lowest BCUT2D eigenvalue weighted by molar-refractivity contribution is -0.276. The summed E-state index contributed by atoms with van der Waals surface area (Å²) < 4.78 is 79.4. The molecular weight excluding hydrogens is 403 g/mol. The van der Waals surface area contributed by atoms with Crippen LogP contribution in [0.2, 0.25) is 0 Å². The molecule has 28 heavy (non-hydrogen) atoms. The average Bonchev–Trinajstić information content (AvgIpc) is 3.02. The second-order valence-electron chi connectivity index (χ2n) is 5.84. The van der Waals surface area contributed by atoms with Crippen molar-refractivity contribution in [2.45, 2.75) is 26.3 Å². The Hall–Kier alpha value is -2.55. The monoisotopic (exact) mass is 418 g/mol. The molecule has 0 spiro atoms. The van der Waals surface area contributed by atoms with Crippen LogP contribution in [0.1, 0.15) is 18.9 Å². The molecule has 2 aromatic carbocycles. The summed E-state index contributed by atoms with van der Waals surface area (Å²) in [6.45, 7) is 2.39. The second-order valence-corrected chi connectivity index (χ2v) is 6.88. The third kappa shape index (κ3) is 5.03. The largest absolute Gasteiger partial charge is 0.573 e. The van der Waals surface area contributed by atoms with Gasteiger partial charge in [0.15, 0.2) is 16.7 Å². The summed E-state index contributed by atoms with van der Waals surface area (Å²) in [7, 11) is 0. The van der Waals surface area contributed by atoms with E-state index in [1.54, 1.807) is 6.07 Å². The molecule has 0 aliphatic carbocycles. The Morgan fingerprint density at radius 2 is 1.68 bits per heavy atom. The highest BCUT2D eigenvalue weighted by molar-refractivity contribution is 7.20. The van der Waals surface area contributed by atoms with Crippen molar-refractivity contribution in [3.63, 3.8) is 0 Å². The molecule has 0 N–H and O–H groups in total. The molecule has 3 aromatic rings.